The van der Waals surface area contributed by atoms with Crippen LogP contribution in [0.25, 0.3) is 11.1 Å². The fraction of sp³-hybridized carbons (Fsp3) is 0.704. The van der Waals surface area contributed by atoms with Gasteiger partial charge in [-0.3, -0.25) is 9.59 Å². The summed E-state index contributed by atoms with van der Waals surface area (Å²) in [5, 5.41) is 3.36. The highest BCUT2D eigenvalue weighted by Gasteiger charge is 2.48. The van der Waals surface area contributed by atoms with E-state index >= 15 is 0 Å². The van der Waals surface area contributed by atoms with Crippen LogP contribution >= 0.6 is 0 Å². The van der Waals surface area contributed by atoms with Crippen LogP contribution in [0.3, 0.4) is 0 Å². The predicted molar refractivity (Wildman–Crippen MR) is 133 cm³/mol. The quantitative estimate of drug-likeness (QED) is 0.635. The molecule has 34 heavy (non-hydrogen) atoms. The van der Waals surface area contributed by atoms with Crippen molar-refractivity contribution < 1.29 is 14.0 Å². The van der Waals surface area contributed by atoms with Crippen molar-refractivity contribution >= 4 is 22.9 Å². The van der Waals surface area contributed by atoms with Crippen molar-refractivity contribution in [1.82, 2.24) is 19.7 Å². The van der Waals surface area contributed by atoms with Gasteiger partial charge in [-0.15, -0.1) is 0 Å². The Morgan fingerprint density at radius 2 is 1.76 bits per heavy atom. The second-order valence-corrected chi connectivity index (χ2v) is 10.9. The van der Waals surface area contributed by atoms with Crippen LogP contribution in [0.1, 0.15) is 87.4 Å². The zero-order valence-corrected chi connectivity index (χ0v) is 20.9. The Bertz CT molecular complexity index is 1030. The van der Waals surface area contributed by atoms with E-state index in [-0.39, 0.29) is 17.9 Å². The van der Waals surface area contributed by atoms with E-state index in [2.05, 4.69) is 10.2 Å². The van der Waals surface area contributed by atoms with Gasteiger partial charge in [-0.1, -0.05) is 32.1 Å². The van der Waals surface area contributed by atoms with Crippen LogP contribution in [-0.2, 0) is 11.3 Å². The van der Waals surface area contributed by atoms with E-state index in [0.29, 0.717) is 18.8 Å². The largest absolute Gasteiger partial charge is 0.460 e. The molecule has 1 N–H and O–H groups in total. The molecule has 2 amide bonds. The number of aromatic nitrogens is 1. The fourth-order valence-electron chi connectivity index (χ4n) is 6.21. The van der Waals surface area contributed by atoms with Gasteiger partial charge in [-0.2, -0.15) is 0 Å². The molecule has 1 saturated heterocycles. The van der Waals surface area contributed by atoms with Gasteiger partial charge in [0.15, 0.2) is 5.58 Å². The number of furan rings is 1. The molecule has 186 valence electrons. The number of piperidine rings is 1. The molecule has 0 spiro atoms. The number of fused-ring (bicyclic) bond motifs is 3. The third-order valence-electron chi connectivity index (χ3n) is 8.22. The average molecular weight is 469 g/mol. The second kappa shape index (κ2) is 9.76. The summed E-state index contributed by atoms with van der Waals surface area (Å²) in [6.45, 7) is 8.20. The van der Waals surface area contributed by atoms with Crippen molar-refractivity contribution in [3.8, 4) is 0 Å². The fourth-order valence-corrected chi connectivity index (χ4v) is 6.21. The molecular weight excluding hydrogens is 428 g/mol. The van der Waals surface area contributed by atoms with Gasteiger partial charge in [0.2, 0.25) is 5.91 Å². The van der Waals surface area contributed by atoms with Crippen molar-refractivity contribution in [2.75, 3.05) is 26.2 Å². The molecule has 2 aliphatic heterocycles. The second-order valence-electron chi connectivity index (χ2n) is 10.9. The Morgan fingerprint density at radius 3 is 2.50 bits per heavy atom. The van der Waals surface area contributed by atoms with E-state index in [1.807, 2.05) is 35.4 Å². The number of carbonyl (C=O) groups excluding carboxylic acids is 2. The van der Waals surface area contributed by atoms with Gasteiger partial charge in [0.1, 0.15) is 17.0 Å². The first kappa shape index (κ1) is 23.5. The van der Waals surface area contributed by atoms with Gasteiger partial charge in [-0.25, -0.2) is 0 Å². The summed E-state index contributed by atoms with van der Waals surface area (Å²) in [7, 11) is 0. The monoisotopic (exact) mass is 468 g/mol. The number of nitrogens with zero attached hydrogens (tertiary/aromatic N) is 3. The molecule has 1 saturated carbocycles. The molecular formula is C27H40N4O3. The minimum atomic E-state index is -0.921. The van der Waals surface area contributed by atoms with Gasteiger partial charge in [0, 0.05) is 24.7 Å². The van der Waals surface area contributed by atoms with Crippen molar-refractivity contribution in [2.45, 2.75) is 96.2 Å². The summed E-state index contributed by atoms with van der Waals surface area (Å²) in [4.78, 5) is 32.0. The summed E-state index contributed by atoms with van der Waals surface area (Å²) in [6.07, 6.45) is 11.6. The number of amides is 2. The lowest BCUT2D eigenvalue weighted by atomic mass is 9.93. The Kier molecular flexibility index (Phi) is 6.74. The highest BCUT2D eigenvalue weighted by Crippen LogP contribution is 2.34. The maximum absolute atomic E-state index is 13.8. The van der Waals surface area contributed by atoms with Crippen LogP contribution in [-0.4, -0.2) is 63.9 Å². The zero-order chi connectivity index (χ0) is 23.7. The van der Waals surface area contributed by atoms with Gasteiger partial charge < -0.3 is 24.1 Å². The number of rotatable bonds is 6. The maximum atomic E-state index is 13.8. The summed E-state index contributed by atoms with van der Waals surface area (Å²) in [6, 6.07) is 4.03. The lowest BCUT2D eigenvalue weighted by Gasteiger charge is -2.45. The van der Waals surface area contributed by atoms with Crippen LogP contribution in [0.15, 0.2) is 16.5 Å². The predicted octanol–water partition coefficient (Wildman–Crippen LogP) is 4.47. The van der Waals surface area contributed by atoms with E-state index < -0.39 is 5.54 Å². The highest BCUT2D eigenvalue weighted by atomic mass is 16.3. The molecule has 0 bridgehead atoms. The van der Waals surface area contributed by atoms with Gasteiger partial charge in [0.25, 0.3) is 5.91 Å². The molecule has 2 fully saturated rings. The number of hydrogen-bond donors (Lipinski definition) is 1. The van der Waals surface area contributed by atoms with E-state index in [1.54, 1.807) is 0 Å². The van der Waals surface area contributed by atoms with Crippen molar-refractivity contribution in [3.63, 3.8) is 0 Å². The Labute approximate surface area is 202 Å². The molecule has 0 aromatic carbocycles. The number of likely N-dealkylation sites (tertiary alicyclic amines) is 1. The van der Waals surface area contributed by atoms with Crippen molar-refractivity contribution in [2.24, 2.45) is 0 Å². The number of nitrogens with one attached hydrogen (secondary N) is 1. The molecule has 0 radical (unpaired) electrons. The Balaban J connectivity index is 1.39. The molecule has 2 aromatic heterocycles. The third kappa shape index (κ3) is 4.51. The van der Waals surface area contributed by atoms with Crippen LogP contribution in [0, 0.1) is 6.92 Å². The molecule has 2 aromatic rings. The SMILES string of the molecule is Cc1cc2c(cc3n2C[C@@](C)(C(=O)NC2CCCCCC2)N(CCCN2CCCCC2)C3=O)o1. The van der Waals surface area contributed by atoms with E-state index in [0.717, 1.165) is 68.6 Å². The zero-order valence-electron chi connectivity index (χ0n) is 20.9. The highest BCUT2D eigenvalue weighted by molar-refractivity contribution is 6.03. The smallest absolute Gasteiger partial charge is 0.271 e. The van der Waals surface area contributed by atoms with Crippen molar-refractivity contribution in [3.05, 3.63) is 23.6 Å². The lowest BCUT2D eigenvalue weighted by Crippen LogP contribution is -2.65. The maximum Gasteiger partial charge on any atom is 0.271 e. The normalized spacial score (nSPS) is 24.9. The minimum absolute atomic E-state index is 0.0153. The van der Waals surface area contributed by atoms with E-state index in [1.165, 1.54) is 32.1 Å². The number of carbonyl (C=O) groups is 2. The summed E-state index contributed by atoms with van der Waals surface area (Å²) < 4.78 is 7.83. The molecule has 0 unspecified atom stereocenters. The summed E-state index contributed by atoms with van der Waals surface area (Å²) >= 11 is 0. The third-order valence-corrected chi connectivity index (χ3v) is 8.22. The van der Waals surface area contributed by atoms with E-state index in [4.69, 9.17) is 4.42 Å². The van der Waals surface area contributed by atoms with Crippen LogP contribution in [0.2, 0.25) is 0 Å². The first-order valence-corrected chi connectivity index (χ1v) is 13.4. The molecule has 3 aliphatic rings. The van der Waals surface area contributed by atoms with Crippen molar-refractivity contribution in [1.29, 1.82) is 0 Å². The lowest BCUT2D eigenvalue weighted by molar-refractivity contribution is -0.133. The van der Waals surface area contributed by atoms with Gasteiger partial charge >= 0.3 is 0 Å². The molecule has 4 heterocycles. The Morgan fingerprint density at radius 1 is 1.06 bits per heavy atom. The Hall–Kier alpha value is -2.28. The molecule has 5 rings (SSSR count). The number of hydrogen-bond acceptors (Lipinski definition) is 4. The topological polar surface area (TPSA) is 70.7 Å². The molecule has 7 heteroatoms. The summed E-state index contributed by atoms with van der Waals surface area (Å²) in [5.41, 5.74) is 1.34. The summed E-state index contributed by atoms with van der Waals surface area (Å²) in [5.74, 6) is 0.743. The average Bonchev–Trinajstić information content (AvgIpc) is 3.22. The first-order valence-electron chi connectivity index (χ1n) is 13.4. The van der Waals surface area contributed by atoms with Crippen LogP contribution in [0.5, 0.6) is 0 Å². The molecule has 1 aliphatic carbocycles. The van der Waals surface area contributed by atoms with Crippen LogP contribution < -0.4 is 5.32 Å². The minimum Gasteiger partial charge on any atom is -0.460 e. The van der Waals surface area contributed by atoms with Crippen LogP contribution in [0.4, 0.5) is 0 Å². The first-order chi connectivity index (χ1) is 16.5. The van der Waals surface area contributed by atoms with Gasteiger partial charge in [-0.05, 0) is 65.6 Å². The standard InChI is InChI=1S/C27H40N4O3/c1-20-17-22-24(34-20)18-23-25(32)31(16-10-15-29-13-8-5-9-14-29)27(2,19-30(22)23)26(33)28-21-11-6-3-4-7-12-21/h17-18,21H,3-16,19H2,1-2H3,(H,28,33)/t27-/m0/s1. The molecule has 7 nitrogen and oxygen atoms in total. The van der Waals surface area contributed by atoms with Gasteiger partial charge in [0.05, 0.1) is 12.1 Å². The number of aryl methyl sites for hydroxylation is 1. The molecule has 1 atom stereocenters. The van der Waals surface area contributed by atoms with E-state index in [9.17, 15) is 9.59 Å².